The normalized spacial score (nSPS) is 14.4. The Hall–Kier alpha value is -0.570. The molecular weight excluding hydrogens is 204 g/mol. The van der Waals surface area contributed by atoms with Crippen LogP contribution in [0.5, 0.6) is 0 Å². The molecule has 2 heterocycles. The van der Waals surface area contributed by atoms with Crippen LogP contribution in [0.3, 0.4) is 0 Å². The van der Waals surface area contributed by atoms with E-state index in [1.54, 1.807) is 0 Å². The zero-order valence-corrected chi connectivity index (χ0v) is 7.90. The van der Waals surface area contributed by atoms with Crippen molar-refractivity contribution in [2.45, 2.75) is 13.3 Å². The number of fused-ring (bicyclic) bond motifs is 1. The van der Waals surface area contributed by atoms with Gasteiger partial charge < -0.3 is 5.32 Å². The number of hydrogen-bond donors (Lipinski definition) is 1. The molecule has 11 heavy (non-hydrogen) atoms. The van der Waals surface area contributed by atoms with Gasteiger partial charge in [0.1, 0.15) is 5.82 Å². The number of pyridine rings is 1. The average molecular weight is 213 g/mol. The molecule has 1 aliphatic heterocycles. The standard InChI is InChI=1S/C8H9BrN2/c1-5-6-2-3-10-8(6)11-4-7(5)9/h4H,2-3H2,1H3,(H,10,11). The van der Waals surface area contributed by atoms with Crippen molar-refractivity contribution in [2.24, 2.45) is 0 Å². The summed E-state index contributed by atoms with van der Waals surface area (Å²) in [6, 6.07) is 0. The summed E-state index contributed by atoms with van der Waals surface area (Å²) in [7, 11) is 0. The fourth-order valence-electron chi connectivity index (χ4n) is 1.38. The summed E-state index contributed by atoms with van der Waals surface area (Å²) in [5, 5.41) is 3.24. The van der Waals surface area contributed by atoms with Gasteiger partial charge in [-0.05, 0) is 34.8 Å². The topological polar surface area (TPSA) is 24.9 Å². The van der Waals surface area contributed by atoms with Gasteiger partial charge in [0, 0.05) is 22.8 Å². The number of halogens is 1. The summed E-state index contributed by atoms with van der Waals surface area (Å²) in [6.45, 7) is 3.15. The van der Waals surface area contributed by atoms with Crippen LogP contribution in [0, 0.1) is 6.92 Å². The van der Waals surface area contributed by atoms with Gasteiger partial charge in [0.05, 0.1) is 0 Å². The highest BCUT2D eigenvalue weighted by Gasteiger charge is 2.14. The monoisotopic (exact) mass is 212 g/mol. The SMILES string of the molecule is Cc1c(Br)cnc2c1CCN2. The van der Waals surface area contributed by atoms with Gasteiger partial charge in [0.2, 0.25) is 0 Å². The Balaban J connectivity index is 2.62. The van der Waals surface area contributed by atoms with Gasteiger partial charge in [-0.2, -0.15) is 0 Å². The molecule has 1 aromatic heterocycles. The maximum Gasteiger partial charge on any atom is 0.129 e. The van der Waals surface area contributed by atoms with Crippen molar-refractivity contribution in [1.82, 2.24) is 4.98 Å². The molecule has 0 unspecified atom stereocenters. The third-order valence-electron chi connectivity index (χ3n) is 2.07. The average Bonchev–Trinajstić information content (AvgIpc) is 2.45. The second-order valence-corrected chi connectivity index (χ2v) is 3.59. The molecule has 1 aromatic rings. The summed E-state index contributed by atoms with van der Waals surface area (Å²) in [4.78, 5) is 4.26. The second-order valence-electron chi connectivity index (χ2n) is 2.74. The summed E-state index contributed by atoms with van der Waals surface area (Å²) >= 11 is 3.46. The van der Waals surface area contributed by atoms with Crippen LogP contribution in [0.2, 0.25) is 0 Å². The molecule has 0 aliphatic carbocycles. The van der Waals surface area contributed by atoms with Crippen LogP contribution in [-0.4, -0.2) is 11.5 Å². The van der Waals surface area contributed by atoms with Gasteiger partial charge in [-0.3, -0.25) is 0 Å². The van der Waals surface area contributed by atoms with E-state index in [2.05, 4.69) is 33.2 Å². The molecule has 0 saturated heterocycles. The van der Waals surface area contributed by atoms with Gasteiger partial charge >= 0.3 is 0 Å². The van der Waals surface area contributed by atoms with Crippen LogP contribution in [-0.2, 0) is 6.42 Å². The predicted molar refractivity (Wildman–Crippen MR) is 48.9 cm³/mol. The third kappa shape index (κ3) is 1.03. The van der Waals surface area contributed by atoms with Crippen molar-refractivity contribution in [3.63, 3.8) is 0 Å². The van der Waals surface area contributed by atoms with E-state index in [0.29, 0.717) is 0 Å². The van der Waals surface area contributed by atoms with E-state index in [9.17, 15) is 0 Å². The zero-order chi connectivity index (χ0) is 7.84. The van der Waals surface area contributed by atoms with Crippen molar-refractivity contribution in [3.05, 3.63) is 21.8 Å². The van der Waals surface area contributed by atoms with Crippen molar-refractivity contribution in [2.75, 3.05) is 11.9 Å². The fraction of sp³-hybridized carbons (Fsp3) is 0.375. The minimum atomic E-state index is 1.03. The maximum absolute atomic E-state index is 4.26. The molecule has 1 N–H and O–H groups in total. The summed E-state index contributed by atoms with van der Waals surface area (Å²) in [6.07, 6.45) is 2.96. The Kier molecular flexibility index (Phi) is 1.60. The Bertz CT molecular complexity index is 296. The van der Waals surface area contributed by atoms with E-state index in [4.69, 9.17) is 0 Å². The zero-order valence-electron chi connectivity index (χ0n) is 6.32. The molecule has 0 fully saturated rings. The van der Waals surface area contributed by atoms with Crippen molar-refractivity contribution >= 4 is 21.7 Å². The highest BCUT2D eigenvalue weighted by Crippen LogP contribution is 2.27. The van der Waals surface area contributed by atoms with E-state index in [1.807, 2.05) is 6.20 Å². The summed E-state index contributed by atoms with van der Waals surface area (Å²) in [5.41, 5.74) is 2.68. The lowest BCUT2D eigenvalue weighted by molar-refractivity contribution is 1.09. The molecule has 0 amide bonds. The lowest BCUT2D eigenvalue weighted by Crippen LogP contribution is -1.92. The van der Waals surface area contributed by atoms with Gasteiger partial charge in [-0.25, -0.2) is 4.98 Å². The number of aromatic nitrogens is 1. The molecular formula is C8H9BrN2. The fourth-order valence-corrected chi connectivity index (χ4v) is 1.72. The molecule has 0 aromatic carbocycles. The first-order valence-electron chi connectivity index (χ1n) is 3.67. The molecule has 0 spiro atoms. The van der Waals surface area contributed by atoms with Gasteiger partial charge in [-0.1, -0.05) is 0 Å². The second kappa shape index (κ2) is 2.48. The molecule has 0 saturated carbocycles. The molecule has 1 aliphatic rings. The summed E-state index contributed by atoms with van der Waals surface area (Å²) in [5.74, 6) is 1.06. The number of anilines is 1. The minimum absolute atomic E-state index is 1.03. The number of hydrogen-bond acceptors (Lipinski definition) is 2. The van der Waals surface area contributed by atoms with Crippen LogP contribution in [0.1, 0.15) is 11.1 Å². The lowest BCUT2D eigenvalue weighted by Gasteiger charge is -2.03. The van der Waals surface area contributed by atoms with E-state index in [0.717, 1.165) is 23.3 Å². The van der Waals surface area contributed by atoms with E-state index >= 15 is 0 Å². The molecule has 3 heteroatoms. The molecule has 2 nitrogen and oxygen atoms in total. The molecule has 2 rings (SSSR count). The van der Waals surface area contributed by atoms with Crippen LogP contribution in [0.25, 0.3) is 0 Å². The van der Waals surface area contributed by atoms with E-state index < -0.39 is 0 Å². The highest BCUT2D eigenvalue weighted by molar-refractivity contribution is 9.10. The van der Waals surface area contributed by atoms with Crippen LogP contribution < -0.4 is 5.32 Å². The quantitative estimate of drug-likeness (QED) is 0.713. The first kappa shape index (κ1) is 7.10. The Morgan fingerprint density at radius 1 is 1.64 bits per heavy atom. The molecule has 58 valence electrons. The van der Waals surface area contributed by atoms with Gasteiger partial charge in [0.25, 0.3) is 0 Å². The van der Waals surface area contributed by atoms with Crippen molar-refractivity contribution in [3.8, 4) is 0 Å². The molecule has 0 radical (unpaired) electrons. The van der Waals surface area contributed by atoms with Crippen LogP contribution in [0.15, 0.2) is 10.7 Å². The van der Waals surface area contributed by atoms with Crippen LogP contribution in [0.4, 0.5) is 5.82 Å². The minimum Gasteiger partial charge on any atom is -0.370 e. The molecule has 0 bridgehead atoms. The Morgan fingerprint density at radius 2 is 2.45 bits per heavy atom. The predicted octanol–water partition coefficient (Wildman–Crippen LogP) is 2.12. The molecule has 0 atom stereocenters. The number of nitrogens with zero attached hydrogens (tertiary/aromatic N) is 1. The van der Waals surface area contributed by atoms with E-state index in [1.165, 1.54) is 11.1 Å². The van der Waals surface area contributed by atoms with Gasteiger partial charge in [-0.15, -0.1) is 0 Å². The summed E-state index contributed by atoms with van der Waals surface area (Å²) < 4.78 is 1.11. The largest absolute Gasteiger partial charge is 0.370 e. The van der Waals surface area contributed by atoms with Gasteiger partial charge in [0.15, 0.2) is 0 Å². The van der Waals surface area contributed by atoms with Crippen molar-refractivity contribution in [1.29, 1.82) is 0 Å². The first-order valence-corrected chi connectivity index (χ1v) is 4.46. The first-order chi connectivity index (χ1) is 5.29. The van der Waals surface area contributed by atoms with E-state index in [-0.39, 0.29) is 0 Å². The lowest BCUT2D eigenvalue weighted by atomic mass is 10.1. The van der Waals surface area contributed by atoms with Crippen LogP contribution >= 0.6 is 15.9 Å². The number of nitrogens with one attached hydrogen (secondary N) is 1. The van der Waals surface area contributed by atoms with Crippen molar-refractivity contribution < 1.29 is 0 Å². The smallest absolute Gasteiger partial charge is 0.129 e. The Labute approximate surface area is 74.2 Å². The third-order valence-corrected chi connectivity index (χ3v) is 2.87. The Morgan fingerprint density at radius 3 is 3.27 bits per heavy atom. The maximum atomic E-state index is 4.26. The number of rotatable bonds is 0. The highest BCUT2D eigenvalue weighted by atomic mass is 79.9.